The van der Waals surface area contributed by atoms with Crippen LogP contribution >= 0.6 is 0 Å². The fraction of sp³-hybridized carbons (Fsp3) is 0.273. The number of aromatic nitrogens is 2. The fourth-order valence-electron chi connectivity index (χ4n) is 3.34. The van der Waals surface area contributed by atoms with Gasteiger partial charge in [0.05, 0.1) is 17.5 Å². The maximum atomic E-state index is 15.3. The normalized spacial score (nSPS) is 14.5. The van der Waals surface area contributed by atoms with Crippen molar-refractivity contribution < 1.29 is 22.3 Å². The maximum Gasteiger partial charge on any atom is 0.416 e. The molecule has 3 nitrogen and oxygen atoms in total. The highest BCUT2D eigenvalue weighted by molar-refractivity contribution is 5.63. The number of ether oxygens (including phenoxy) is 1. The van der Waals surface area contributed by atoms with E-state index in [1.54, 1.807) is 6.07 Å². The van der Waals surface area contributed by atoms with E-state index < -0.39 is 17.6 Å². The van der Waals surface area contributed by atoms with Crippen LogP contribution < -0.4 is 4.74 Å². The van der Waals surface area contributed by atoms with Crippen molar-refractivity contribution in [3.63, 3.8) is 0 Å². The first-order chi connectivity index (χ1) is 13.9. The molecule has 0 saturated heterocycles. The van der Waals surface area contributed by atoms with Crippen molar-refractivity contribution in [3.05, 3.63) is 77.5 Å². The zero-order chi connectivity index (χ0) is 20.4. The van der Waals surface area contributed by atoms with E-state index in [2.05, 4.69) is 9.97 Å². The Morgan fingerprint density at radius 3 is 2.34 bits per heavy atom. The average Bonchev–Trinajstić information content (AvgIpc) is 2.67. The van der Waals surface area contributed by atoms with E-state index >= 15 is 4.39 Å². The summed E-state index contributed by atoms with van der Waals surface area (Å²) in [4.78, 5) is 8.12. The van der Waals surface area contributed by atoms with Crippen LogP contribution in [-0.4, -0.2) is 9.97 Å². The molecule has 0 atom stereocenters. The van der Waals surface area contributed by atoms with Gasteiger partial charge in [0, 0.05) is 23.5 Å². The Balaban J connectivity index is 1.62. The molecule has 0 amide bonds. The van der Waals surface area contributed by atoms with Gasteiger partial charge in [0.1, 0.15) is 6.61 Å². The van der Waals surface area contributed by atoms with Crippen LogP contribution in [0.5, 0.6) is 5.75 Å². The number of halogens is 4. The van der Waals surface area contributed by atoms with Crippen LogP contribution in [0, 0.1) is 5.82 Å². The summed E-state index contributed by atoms with van der Waals surface area (Å²) >= 11 is 0. The van der Waals surface area contributed by atoms with Gasteiger partial charge < -0.3 is 4.74 Å². The van der Waals surface area contributed by atoms with Gasteiger partial charge in [-0.3, -0.25) is 9.97 Å². The van der Waals surface area contributed by atoms with Crippen LogP contribution in [0.1, 0.15) is 41.9 Å². The van der Waals surface area contributed by atoms with Gasteiger partial charge in [-0.25, -0.2) is 4.39 Å². The molecule has 1 heterocycles. The van der Waals surface area contributed by atoms with Crippen molar-refractivity contribution in [2.45, 2.75) is 38.0 Å². The molecule has 150 valence electrons. The van der Waals surface area contributed by atoms with Crippen molar-refractivity contribution in [3.8, 4) is 17.0 Å². The molecule has 0 aliphatic heterocycles. The van der Waals surface area contributed by atoms with Gasteiger partial charge in [-0.05, 0) is 42.5 Å². The van der Waals surface area contributed by atoms with Gasteiger partial charge in [0.15, 0.2) is 11.6 Å². The summed E-state index contributed by atoms with van der Waals surface area (Å²) in [5.41, 5.74) is 1.26. The highest BCUT2D eigenvalue weighted by Crippen LogP contribution is 2.44. The first kappa shape index (κ1) is 19.4. The van der Waals surface area contributed by atoms with Crippen LogP contribution in [0.15, 0.2) is 55.0 Å². The Morgan fingerprint density at radius 1 is 1.00 bits per heavy atom. The molecule has 3 aromatic rings. The summed E-state index contributed by atoms with van der Waals surface area (Å²) in [5.74, 6) is -0.164. The minimum atomic E-state index is -4.39. The molecule has 1 saturated carbocycles. The monoisotopic (exact) mass is 402 g/mol. The van der Waals surface area contributed by atoms with Gasteiger partial charge in [-0.15, -0.1) is 0 Å². The second kappa shape index (κ2) is 7.81. The van der Waals surface area contributed by atoms with Gasteiger partial charge in [-0.1, -0.05) is 24.6 Å². The van der Waals surface area contributed by atoms with Crippen LogP contribution in [-0.2, 0) is 12.8 Å². The maximum absolute atomic E-state index is 15.3. The third kappa shape index (κ3) is 4.09. The fourth-order valence-corrected chi connectivity index (χ4v) is 3.34. The van der Waals surface area contributed by atoms with Gasteiger partial charge in [0.2, 0.25) is 0 Å². The SMILES string of the molecule is Fc1c(-c2cnccn2)ccc(C2CCC2)c1OCc1ccc(C(F)(F)F)cc1. The van der Waals surface area contributed by atoms with Crippen LogP contribution in [0.25, 0.3) is 11.3 Å². The molecule has 4 rings (SSSR count). The number of rotatable bonds is 5. The van der Waals surface area contributed by atoms with Crippen LogP contribution in [0.3, 0.4) is 0 Å². The first-order valence-corrected chi connectivity index (χ1v) is 9.31. The molecule has 1 aromatic heterocycles. The molecule has 2 aromatic carbocycles. The summed E-state index contributed by atoms with van der Waals surface area (Å²) in [7, 11) is 0. The van der Waals surface area contributed by atoms with Gasteiger partial charge >= 0.3 is 6.18 Å². The molecule has 1 aliphatic rings. The predicted molar refractivity (Wildman–Crippen MR) is 99.8 cm³/mol. The number of benzene rings is 2. The lowest BCUT2D eigenvalue weighted by atomic mass is 9.79. The zero-order valence-corrected chi connectivity index (χ0v) is 15.4. The molecule has 0 radical (unpaired) electrons. The standard InChI is InChI=1S/C22H18F4N2O/c23-20-18(19-12-27-10-11-28-19)9-8-17(15-2-1-3-15)21(20)29-13-14-4-6-16(7-5-14)22(24,25)26/h4-12,15H,1-3,13H2. The molecular formula is C22H18F4N2O. The number of nitrogens with zero attached hydrogens (tertiary/aromatic N) is 2. The zero-order valence-electron chi connectivity index (χ0n) is 15.4. The topological polar surface area (TPSA) is 35.0 Å². The predicted octanol–water partition coefficient (Wildman–Crippen LogP) is 6.15. The smallest absolute Gasteiger partial charge is 0.416 e. The second-order valence-corrected chi connectivity index (χ2v) is 7.05. The Labute approximate surface area is 165 Å². The van der Waals surface area contributed by atoms with E-state index in [-0.39, 0.29) is 23.8 Å². The molecular weight excluding hydrogens is 384 g/mol. The number of hydrogen-bond donors (Lipinski definition) is 0. The highest BCUT2D eigenvalue weighted by atomic mass is 19.4. The minimum Gasteiger partial charge on any atom is -0.486 e. The summed E-state index contributed by atoms with van der Waals surface area (Å²) < 4.78 is 59.3. The summed E-state index contributed by atoms with van der Waals surface area (Å²) in [5, 5.41) is 0. The van der Waals surface area contributed by atoms with Crippen molar-refractivity contribution >= 4 is 0 Å². The average molecular weight is 402 g/mol. The van der Waals surface area contributed by atoms with Gasteiger partial charge in [0.25, 0.3) is 0 Å². The molecule has 0 bridgehead atoms. The van der Waals surface area contributed by atoms with Crippen molar-refractivity contribution in [1.82, 2.24) is 9.97 Å². The first-order valence-electron chi connectivity index (χ1n) is 9.31. The molecule has 0 N–H and O–H groups in total. The molecule has 7 heteroatoms. The van der Waals surface area contributed by atoms with E-state index in [0.29, 0.717) is 11.3 Å². The minimum absolute atomic E-state index is 0.0291. The van der Waals surface area contributed by atoms with Crippen LogP contribution in [0.4, 0.5) is 17.6 Å². The highest BCUT2D eigenvalue weighted by Gasteiger charge is 2.30. The molecule has 0 unspecified atom stereocenters. The Hall–Kier alpha value is -2.96. The Morgan fingerprint density at radius 2 is 1.76 bits per heavy atom. The lowest BCUT2D eigenvalue weighted by Crippen LogP contribution is -2.12. The quantitative estimate of drug-likeness (QED) is 0.480. The van der Waals surface area contributed by atoms with E-state index in [4.69, 9.17) is 4.74 Å². The second-order valence-electron chi connectivity index (χ2n) is 7.05. The van der Waals surface area contributed by atoms with Crippen molar-refractivity contribution in [1.29, 1.82) is 0 Å². The largest absolute Gasteiger partial charge is 0.486 e. The van der Waals surface area contributed by atoms with Crippen molar-refractivity contribution in [2.24, 2.45) is 0 Å². The van der Waals surface area contributed by atoms with Gasteiger partial charge in [-0.2, -0.15) is 13.2 Å². The lowest BCUT2D eigenvalue weighted by molar-refractivity contribution is -0.137. The third-order valence-electron chi connectivity index (χ3n) is 5.18. The summed E-state index contributed by atoms with van der Waals surface area (Å²) in [6.45, 7) is -0.0291. The van der Waals surface area contributed by atoms with E-state index in [1.165, 1.54) is 30.7 Å². The Kier molecular flexibility index (Phi) is 5.22. The molecule has 1 aliphatic carbocycles. The van der Waals surface area contributed by atoms with E-state index in [0.717, 1.165) is 37.0 Å². The third-order valence-corrected chi connectivity index (χ3v) is 5.18. The summed E-state index contributed by atoms with van der Waals surface area (Å²) in [6.07, 6.45) is 3.07. The number of alkyl halides is 3. The lowest BCUT2D eigenvalue weighted by Gasteiger charge is -2.28. The number of hydrogen-bond acceptors (Lipinski definition) is 3. The molecule has 29 heavy (non-hydrogen) atoms. The van der Waals surface area contributed by atoms with Crippen LogP contribution in [0.2, 0.25) is 0 Å². The molecule has 1 fully saturated rings. The molecule has 0 spiro atoms. The van der Waals surface area contributed by atoms with E-state index in [9.17, 15) is 13.2 Å². The van der Waals surface area contributed by atoms with E-state index in [1.807, 2.05) is 6.07 Å². The Bertz CT molecular complexity index is 984. The summed E-state index contributed by atoms with van der Waals surface area (Å²) in [6, 6.07) is 8.21. The van der Waals surface area contributed by atoms with Crippen molar-refractivity contribution in [2.75, 3.05) is 0 Å².